The lowest BCUT2D eigenvalue weighted by atomic mass is 9.57. The number of aromatic nitrogens is 2. The van der Waals surface area contributed by atoms with Gasteiger partial charge in [0.2, 0.25) is 0 Å². The van der Waals surface area contributed by atoms with Crippen LogP contribution in [0.15, 0.2) is 76.9 Å². The van der Waals surface area contributed by atoms with Crippen LogP contribution in [0.25, 0.3) is 11.8 Å². The van der Waals surface area contributed by atoms with Gasteiger partial charge >= 0.3 is 0 Å². The topological polar surface area (TPSA) is 56.5 Å². The molecule has 0 radical (unpaired) electrons. The predicted octanol–water partition coefficient (Wildman–Crippen LogP) is 15.7. The first-order valence-electron chi connectivity index (χ1n) is 22.6. The third kappa shape index (κ3) is 9.35. The van der Waals surface area contributed by atoms with Crippen LogP contribution in [0.4, 0.5) is 4.39 Å². The maximum Gasteiger partial charge on any atom is 0.258 e. The van der Waals surface area contributed by atoms with Crippen molar-refractivity contribution in [1.29, 1.82) is 0 Å². The van der Waals surface area contributed by atoms with Crippen LogP contribution in [0, 0.1) is 31.0 Å². The second kappa shape index (κ2) is 19.2. The van der Waals surface area contributed by atoms with E-state index >= 15 is 0 Å². The van der Waals surface area contributed by atoms with Crippen LogP contribution in [0.1, 0.15) is 143 Å². The Hall–Kier alpha value is -2.99. The van der Waals surface area contributed by atoms with Crippen LogP contribution in [-0.4, -0.2) is 31.5 Å². The molecule has 3 atom stereocenters. The maximum absolute atomic E-state index is 13.5. The highest BCUT2D eigenvalue weighted by Crippen LogP contribution is 2.55. The molecule has 5 nitrogen and oxygen atoms in total. The number of aliphatic hydroxyl groups excluding tert-OH is 1. The molecule has 0 bridgehead atoms. The summed E-state index contributed by atoms with van der Waals surface area (Å²) in [5, 5.41) is 16.6. The van der Waals surface area contributed by atoms with Gasteiger partial charge in [0.25, 0.3) is 16.6 Å². The van der Waals surface area contributed by atoms with E-state index in [-0.39, 0.29) is 17.2 Å². The van der Waals surface area contributed by atoms with Crippen molar-refractivity contribution in [2.75, 3.05) is 0 Å². The average Bonchev–Trinajstić information content (AvgIpc) is 3.57. The first kappa shape index (κ1) is 48.1. The Morgan fingerprint density at radius 3 is 1.73 bits per heavy atom. The standard InChI is InChI=1S/C35H47FN2O2Si.C16H27BrOSi/c1-22(2)41(23(3)4,24(5)6)40-33-17-12-26(18-25(33)7)34(39)31-11-9-10-28-19-32-27(20-35(28,31)8)21-37-38(32)30-15-13-29(36)14-16-30;1-11(2)19(12(3)4,13(5)6)18-16-9-8-15(17)10-14(16)7/h12-19,21-24,31,34,39H,9-11,20H2,1-8H3;8-13H,1-7H3. The van der Waals surface area contributed by atoms with Crippen LogP contribution in [-0.2, 0) is 6.42 Å². The van der Waals surface area contributed by atoms with E-state index in [0.29, 0.717) is 33.2 Å². The van der Waals surface area contributed by atoms with Gasteiger partial charge in [0, 0.05) is 4.47 Å². The Morgan fingerprint density at radius 1 is 0.750 bits per heavy atom. The van der Waals surface area contributed by atoms with Gasteiger partial charge in [-0.15, -0.1) is 0 Å². The number of rotatable bonds is 13. The van der Waals surface area contributed by atoms with Crippen LogP contribution in [0.2, 0.25) is 33.2 Å². The van der Waals surface area contributed by atoms with Gasteiger partial charge in [0.05, 0.1) is 23.7 Å². The van der Waals surface area contributed by atoms with Crippen molar-refractivity contribution in [2.45, 2.75) is 169 Å². The van der Waals surface area contributed by atoms with Crippen molar-refractivity contribution in [1.82, 2.24) is 9.78 Å². The van der Waals surface area contributed by atoms with E-state index < -0.39 is 22.7 Å². The molecule has 0 saturated heterocycles. The van der Waals surface area contributed by atoms with Crippen LogP contribution in [0.5, 0.6) is 11.5 Å². The number of hydrogen-bond donors (Lipinski definition) is 1. The summed E-state index contributed by atoms with van der Waals surface area (Å²) in [6.45, 7) is 34.4. The zero-order valence-electron chi connectivity index (χ0n) is 39.3. The van der Waals surface area contributed by atoms with Crippen LogP contribution in [0.3, 0.4) is 0 Å². The van der Waals surface area contributed by atoms with Gasteiger partial charge < -0.3 is 14.0 Å². The average molecular weight is 918 g/mol. The van der Waals surface area contributed by atoms with E-state index in [4.69, 9.17) is 8.85 Å². The van der Waals surface area contributed by atoms with E-state index in [1.165, 1.54) is 28.8 Å². The smallest absolute Gasteiger partial charge is 0.258 e. The molecular weight excluding hydrogens is 844 g/mol. The highest BCUT2D eigenvalue weighted by atomic mass is 79.9. The molecule has 3 aromatic carbocycles. The summed E-state index contributed by atoms with van der Waals surface area (Å²) in [5.74, 6) is 1.88. The maximum atomic E-state index is 13.5. The number of aliphatic hydroxyl groups is 1. The van der Waals surface area contributed by atoms with Gasteiger partial charge in [0.1, 0.15) is 17.3 Å². The number of nitrogens with zero attached hydrogens (tertiary/aromatic N) is 2. The predicted molar refractivity (Wildman–Crippen MR) is 259 cm³/mol. The quantitative estimate of drug-likeness (QED) is 0.136. The van der Waals surface area contributed by atoms with Crippen molar-refractivity contribution < 1.29 is 18.3 Å². The van der Waals surface area contributed by atoms with Crippen molar-refractivity contribution in [3.8, 4) is 17.2 Å². The van der Waals surface area contributed by atoms with Crippen molar-refractivity contribution >= 4 is 38.6 Å². The Bertz CT molecular complexity index is 2060. The molecule has 0 aliphatic heterocycles. The molecule has 3 unspecified atom stereocenters. The SMILES string of the molecule is Cc1cc(Br)ccc1O[Si](C(C)C)(C(C)C)C(C)C.Cc1cc(C(O)C2CCCC3=Cc4c(cnn4-c4ccc(F)cc4)CC32C)ccc1O[Si](C(C)C)(C(C)C)C(C)C. The summed E-state index contributed by atoms with van der Waals surface area (Å²) in [5.41, 5.74) is 11.0. The molecule has 1 aromatic heterocycles. The minimum atomic E-state index is -2.07. The first-order valence-corrected chi connectivity index (χ1v) is 27.6. The summed E-state index contributed by atoms with van der Waals surface area (Å²) in [4.78, 5) is 0. The van der Waals surface area contributed by atoms with Crippen molar-refractivity contribution in [3.05, 3.63) is 111 Å². The highest BCUT2D eigenvalue weighted by molar-refractivity contribution is 9.10. The van der Waals surface area contributed by atoms with E-state index in [1.54, 1.807) is 12.1 Å². The second-order valence-electron chi connectivity index (χ2n) is 19.9. The zero-order chi connectivity index (χ0) is 44.5. The normalized spacial score (nSPS) is 18.7. The Labute approximate surface area is 373 Å². The van der Waals surface area contributed by atoms with Gasteiger partial charge in [-0.1, -0.05) is 118 Å². The fourth-order valence-corrected chi connectivity index (χ4v) is 22.5. The van der Waals surface area contributed by atoms with E-state index in [0.717, 1.165) is 64.2 Å². The molecule has 2 aliphatic carbocycles. The fourth-order valence-electron chi connectivity index (χ4n) is 11.4. The molecule has 60 heavy (non-hydrogen) atoms. The van der Waals surface area contributed by atoms with Crippen LogP contribution >= 0.6 is 15.9 Å². The number of fused-ring (bicyclic) bond motifs is 2. The van der Waals surface area contributed by atoms with E-state index in [9.17, 15) is 9.50 Å². The molecule has 0 spiro atoms. The lowest BCUT2D eigenvalue weighted by Crippen LogP contribution is -2.50. The molecule has 1 saturated carbocycles. The molecule has 328 valence electrons. The molecule has 1 fully saturated rings. The number of halogens is 2. The van der Waals surface area contributed by atoms with Gasteiger partial charge in [-0.25, -0.2) is 9.07 Å². The summed E-state index contributed by atoms with van der Waals surface area (Å²) in [7, 11) is -3.90. The number of allylic oxidation sites excluding steroid dienone is 1. The number of benzene rings is 3. The molecule has 1 N–H and O–H groups in total. The molecule has 1 heterocycles. The van der Waals surface area contributed by atoms with E-state index in [1.807, 2.05) is 10.9 Å². The Kier molecular flexibility index (Phi) is 15.4. The lowest BCUT2D eigenvalue weighted by molar-refractivity contribution is 0.0216. The Morgan fingerprint density at radius 2 is 1.25 bits per heavy atom. The molecule has 9 heteroatoms. The van der Waals surface area contributed by atoms with E-state index in [2.05, 4.69) is 167 Å². The summed E-state index contributed by atoms with van der Waals surface area (Å²) in [6, 6.07) is 19.2. The molecular formula is C51H74BrFN2O3Si2. The molecule has 4 aromatic rings. The molecule has 2 aliphatic rings. The number of hydrogen-bond acceptors (Lipinski definition) is 4. The molecule has 6 rings (SSSR count). The van der Waals surface area contributed by atoms with Crippen LogP contribution < -0.4 is 8.85 Å². The highest BCUT2D eigenvalue weighted by Gasteiger charge is 2.49. The van der Waals surface area contributed by atoms with Gasteiger partial charge in [0.15, 0.2) is 0 Å². The van der Waals surface area contributed by atoms with Gasteiger partial charge in [-0.3, -0.25) is 0 Å². The third-order valence-corrected chi connectivity index (χ3v) is 26.9. The monoisotopic (exact) mass is 916 g/mol. The van der Waals surface area contributed by atoms with Gasteiger partial charge in [-0.05, 0) is 167 Å². The van der Waals surface area contributed by atoms with Crippen molar-refractivity contribution in [2.24, 2.45) is 11.3 Å². The zero-order valence-corrected chi connectivity index (χ0v) is 42.9. The summed E-state index contributed by atoms with van der Waals surface area (Å²) < 4.78 is 30.3. The first-order chi connectivity index (χ1) is 28.1. The minimum Gasteiger partial charge on any atom is -0.543 e. The third-order valence-electron chi connectivity index (χ3n) is 14.4. The number of aryl methyl sites for hydroxylation is 2. The van der Waals surface area contributed by atoms with Gasteiger partial charge in [-0.2, -0.15) is 5.10 Å². The summed E-state index contributed by atoms with van der Waals surface area (Å²) >= 11 is 3.52. The fraction of sp³-hybridized carbons (Fsp3) is 0.549. The Balaban J connectivity index is 0.000000302. The minimum absolute atomic E-state index is 0.103. The molecule has 0 amide bonds. The second-order valence-corrected chi connectivity index (χ2v) is 31.6. The lowest BCUT2D eigenvalue weighted by Gasteiger charge is -2.48. The largest absolute Gasteiger partial charge is 0.543 e. The van der Waals surface area contributed by atoms with Crippen molar-refractivity contribution in [3.63, 3.8) is 0 Å². The summed E-state index contributed by atoms with van der Waals surface area (Å²) in [6.07, 6.45) is 7.55.